The van der Waals surface area contributed by atoms with E-state index in [1.807, 2.05) is 30.3 Å². The van der Waals surface area contributed by atoms with E-state index in [9.17, 15) is 27.6 Å². The lowest BCUT2D eigenvalue weighted by molar-refractivity contribution is -0.192. The van der Waals surface area contributed by atoms with Crippen LogP contribution in [0.4, 0.5) is 13.2 Å². The van der Waals surface area contributed by atoms with Crippen LogP contribution in [0.5, 0.6) is 11.5 Å². The molecule has 326 valence electrons. The maximum atomic E-state index is 14.3. The molecule has 3 unspecified atom stereocenters. The minimum atomic E-state index is -5.08. The van der Waals surface area contributed by atoms with Crippen molar-refractivity contribution >= 4 is 35.5 Å². The first-order valence-corrected chi connectivity index (χ1v) is 19.9. The summed E-state index contributed by atoms with van der Waals surface area (Å²) in [7, 11) is 3.11. The average molecular weight is 833 g/mol. The number of rotatable bonds is 18. The number of halogens is 3. The molecule has 15 nitrogen and oxygen atoms in total. The van der Waals surface area contributed by atoms with Crippen molar-refractivity contribution in [2.45, 2.75) is 108 Å². The molecule has 3 atom stereocenters. The molecule has 2 aromatic rings. The summed E-state index contributed by atoms with van der Waals surface area (Å²) in [5.41, 5.74) is 19.2. The van der Waals surface area contributed by atoms with Gasteiger partial charge >= 0.3 is 12.1 Å². The number of nitrogens with two attached hydrogens (primary N) is 3. The molecule has 0 heterocycles. The number of nitrogens with one attached hydrogen (secondary N) is 4. The van der Waals surface area contributed by atoms with E-state index in [1.54, 1.807) is 26.4 Å². The quantitative estimate of drug-likeness (QED) is 0.0601. The standard InChI is InChI=1S/C39H58N8O5.C2HF3O2/c1-51-32-20-17-26(23-33(32)52-2)24-45-37(49)31(14-9-21-44-39(42)43)46-38(50)34(28-12-7-4-8-13-28)47-36(48)30(27-10-5-3-6-11-27)22-25-15-18-29(19-16-25)35(40)41;3-2(4,5)1(6)7/h15-20,23,27-28,30-31,34H,3-14,21-22,24H2,1-2H3,(H3,40,41)(H,45,49)(H,46,50)(H,47,48)(H4,42,43,44);(H,6,7). The SMILES string of the molecule is COc1ccc(CNC(=O)C(CCCN=C(N)N)NC(=O)C(NC(=O)C(Cc2ccc(C(=N)N)cc2)C2CCCCC2)C2CCCCC2)cc1OC.O=C(O)C(F)(F)F. The Labute approximate surface area is 342 Å². The number of carbonyl (C=O) groups is 4. The third-order valence-electron chi connectivity index (χ3n) is 10.7. The second-order valence-electron chi connectivity index (χ2n) is 14.9. The number of aliphatic imine (C=N–C) groups is 1. The fraction of sp³-hybridized carbons (Fsp3) is 0.561. The maximum absolute atomic E-state index is 14.3. The van der Waals surface area contributed by atoms with Gasteiger partial charge in [0.2, 0.25) is 17.7 Å². The van der Waals surface area contributed by atoms with E-state index in [0.29, 0.717) is 42.9 Å². The van der Waals surface area contributed by atoms with E-state index in [1.165, 1.54) is 0 Å². The van der Waals surface area contributed by atoms with E-state index in [-0.39, 0.29) is 53.8 Å². The van der Waals surface area contributed by atoms with Gasteiger partial charge in [0.15, 0.2) is 17.5 Å². The van der Waals surface area contributed by atoms with E-state index in [2.05, 4.69) is 20.9 Å². The fourth-order valence-electron chi connectivity index (χ4n) is 7.55. The Morgan fingerprint density at radius 3 is 1.90 bits per heavy atom. The number of alkyl halides is 3. The van der Waals surface area contributed by atoms with E-state index in [4.69, 9.17) is 42.0 Å². The van der Waals surface area contributed by atoms with Crippen molar-refractivity contribution in [3.8, 4) is 11.5 Å². The molecule has 0 saturated heterocycles. The Hall–Kier alpha value is -5.55. The van der Waals surface area contributed by atoms with Gasteiger partial charge in [-0.25, -0.2) is 4.79 Å². The number of amidine groups is 1. The van der Waals surface area contributed by atoms with Crippen molar-refractivity contribution in [3.63, 3.8) is 0 Å². The number of carboxylic acids is 1. The van der Waals surface area contributed by atoms with Gasteiger partial charge in [-0.2, -0.15) is 13.2 Å². The summed E-state index contributed by atoms with van der Waals surface area (Å²) in [6.45, 7) is 0.510. The number of carbonyl (C=O) groups excluding carboxylic acids is 3. The van der Waals surface area contributed by atoms with Crippen LogP contribution in [0.1, 0.15) is 93.7 Å². The van der Waals surface area contributed by atoms with Gasteiger partial charge in [-0.15, -0.1) is 0 Å². The molecule has 2 aliphatic rings. The van der Waals surface area contributed by atoms with Crippen LogP contribution in [0.3, 0.4) is 0 Å². The molecule has 11 N–H and O–H groups in total. The van der Waals surface area contributed by atoms with Crippen LogP contribution in [0.15, 0.2) is 47.5 Å². The second-order valence-corrected chi connectivity index (χ2v) is 14.9. The number of methoxy groups -OCH3 is 2. The summed E-state index contributed by atoms with van der Waals surface area (Å²) in [5, 5.41) is 24.1. The number of hydrogen-bond acceptors (Lipinski definition) is 8. The normalized spacial score (nSPS) is 16.2. The molecule has 0 radical (unpaired) electrons. The Kier molecular flexibility index (Phi) is 19.3. The molecule has 59 heavy (non-hydrogen) atoms. The number of guanidine groups is 1. The summed E-state index contributed by atoms with van der Waals surface area (Å²) in [5.74, 6) is -2.68. The van der Waals surface area contributed by atoms with Gasteiger partial charge in [-0.3, -0.25) is 24.8 Å². The van der Waals surface area contributed by atoms with Crippen molar-refractivity contribution in [3.05, 3.63) is 59.2 Å². The Balaban J connectivity index is 0.00000122. The van der Waals surface area contributed by atoms with Crippen molar-refractivity contribution < 1.29 is 46.9 Å². The number of aliphatic carboxylic acids is 1. The predicted octanol–water partition coefficient (Wildman–Crippen LogP) is 4.28. The Morgan fingerprint density at radius 1 is 0.814 bits per heavy atom. The van der Waals surface area contributed by atoms with Crippen molar-refractivity contribution in [2.75, 3.05) is 20.8 Å². The van der Waals surface area contributed by atoms with Gasteiger partial charge in [-0.05, 0) is 80.0 Å². The third-order valence-corrected chi connectivity index (χ3v) is 10.7. The van der Waals surface area contributed by atoms with Gasteiger partial charge < -0.3 is 47.7 Å². The molecule has 4 rings (SSSR count). The summed E-state index contributed by atoms with van der Waals surface area (Å²) in [4.78, 5) is 55.3. The number of nitrogen functional groups attached to an aromatic ring is 1. The van der Waals surface area contributed by atoms with Crippen molar-refractivity contribution in [1.82, 2.24) is 16.0 Å². The average Bonchev–Trinajstić information content (AvgIpc) is 3.22. The molecule has 2 saturated carbocycles. The molecular formula is C41H59F3N8O7. The molecule has 3 amide bonds. The first-order valence-electron chi connectivity index (χ1n) is 19.9. The summed E-state index contributed by atoms with van der Waals surface area (Å²) < 4.78 is 42.5. The van der Waals surface area contributed by atoms with E-state index >= 15 is 0 Å². The number of hydrogen-bond donors (Lipinski definition) is 8. The van der Waals surface area contributed by atoms with Gasteiger partial charge in [-0.1, -0.05) is 68.9 Å². The molecule has 0 spiro atoms. The van der Waals surface area contributed by atoms with Gasteiger partial charge in [0.25, 0.3) is 0 Å². The van der Waals surface area contributed by atoms with Crippen LogP contribution in [0, 0.1) is 23.2 Å². The highest BCUT2D eigenvalue weighted by molar-refractivity contribution is 5.95. The van der Waals surface area contributed by atoms with E-state index in [0.717, 1.165) is 75.3 Å². The van der Waals surface area contributed by atoms with Crippen LogP contribution in [0.25, 0.3) is 0 Å². The molecule has 0 bridgehead atoms. The maximum Gasteiger partial charge on any atom is 0.490 e. The second kappa shape index (κ2) is 23.8. The van der Waals surface area contributed by atoms with Crippen molar-refractivity contribution in [1.29, 1.82) is 5.41 Å². The summed E-state index contributed by atoms with van der Waals surface area (Å²) >= 11 is 0. The lowest BCUT2D eigenvalue weighted by Gasteiger charge is -2.34. The highest BCUT2D eigenvalue weighted by atomic mass is 19.4. The highest BCUT2D eigenvalue weighted by Crippen LogP contribution is 2.34. The number of carboxylic acid groups (broad SMARTS) is 1. The third kappa shape index (κ3) is 16.0. The molecule has 18 heteroatoms. The predicted molar refractivity (Wildman–Crippen MR) is 217 cm³/mol. The van der Waals surface area contributed by atoms with Crippen LogP contribution in [-0.4, -0.2) is 79.6 Å². The summed E-state index contributed by atoms with van der Waals surface area (Å²) in [6, 6.07) is 11.2. The molecule has 0 aromatic heterocycles. The number of nitrogens with zero attached hydrogens (tertiary/aromatic N) is 1. The zero-order valence-corrected chi connectivity index (χ0v) is 33.7. The number of ether oxygens (including phenoxy) is 2. The molecule has 2 fully saturated rings. The highest BCUT2D eigenvalue weighted by Gasteiger charge is 2.39. The van der Waals surface area contributed by atoms with Crippen LogP contribution >= 0.6 is 0 Å². The van der Waals surface area contributed by atoms with Gasteiger partial charge in [0.1, 0.15) is 17.9 Å². The first-order chi connectivity index (χ1) is 28.0. The van der Waals surface area contributed by atoms with Crippen LogP contribution in [-0.2, 0) is 32.1 Å². The first kappa shape index (κ1) is 47.8. The fourth-order valence-corrected chi connectivity index (χ4v) is 7.55. The van der Waals surface area contributed by atoms with Gasteiger partial charge in [0.05, 0.1) is 14.2 Å². The largest absolute Gasteiger partial charge is 0.493 e. The monoisotopic (exact) mass is 832 g/mol. The van der Waals surface area contributed by atoms with Crippen LogP contribution in [0.2, 0.25) is 0 Å². The molecule has 0 aliphatic heterocycles. The van der Waals surface area contributed by atoms with Gasteiger partial charge in [0, 0.05) is 24.6 Å². The van der Waals surface area contributed by atoms with E-state index < -0.39 is 24.2 Å². The lowest BCUT2D eigenvalue weighted by atomic mass is 9.76. The van der Waals surface area contributed by atoms with Crippen LogP contribution < -0.4 is 42.6 Å². The molecule has 2 aliphatic carbocycles. The minimum absolute atomic E-state index is 0.00125. The number of amides is 3. The summed E-state index contributed by atoms with van der Waals surface area (Å²) in [6.07, 6.45) is 6.11. The zero-order chi connectivity index (χ0) is 43.5. The Morgan fingerprint density at radius 2 is 1.37 bits per heavy atom. The lowest BCUT2D eigenvalue weighted by Crippen LogP contribution is -2.57. The topological polar surface area (TPSA) is 257 Å². The minimum Gasteiger partial charge on any atom is -0.493 e. The van der Waals surface area contributed by atoms with Crippen molar-refractivity contribution in [2.24, 2.45) is 39.9 Å². The smallest absolute Gasteiger partial charge is 0.490 e. The Bertz CT molecular complexity index is 1730. The number of benzene rings is 2. The molecule has 2 aromatic carbocycles. The zero-order valence-electron chi connectivity index (χ0n) is 33.7. The molecular weight excluding hydrogens is 773 g/mol.